The van der Waals surface area contributed by atoms with Crippen molar-refractivity contribution in [1.82, 2.24) is 14.5 Å². The lowest BCUT2D eigenvalue weighted by Crippen LogP contribution is -2.30. The third-order valence-corrected chi connectivity index (χ3v) is 4.99. The smallest absolute Gasteiger partial charge is 0.261 e. The first-order valence-corrected chi connectivity index (χ1v) is 8.80. The van der Waals surface area contributed by atoms with Crippen LogP contribution in [0, 0.1) is 0 Å². The molecule has 2 heterocycles. The normalized spacial score (nSPS) is 13.7. The fourth-order valence-corrected chi connectivity index (χ4v) is 3.68. The second-order valence-electron chi connectivity index (χ2n) is 5.36. The standard InChI is InChI=1S/C17H19N3O2S/c1-2-19-11-9-18-17(19)23-12-6-5-10-20-15(21)13-7-3-4-8-14(13)16(20)22/h3-4,7-9,11H,2,5-6,10,12H2,1H3. The van der Waals surface area contributed by atoms with Gasteiger partial charge in [-0.25, -0.2) is 4.98 Å². The van der Waals surface area contributed by atoms with Crippen molar-refractivity contribution in [1.29, 1.82) is 0 Å². The van der Waals surface area contributed by atoms with Gasteiger partial charge in [0.25, 0.3) is 11.8 Å². The molecule has 0 radical (unpaired) electrons. The number of amides is 2. The molecular formula is C17H19N3O2S. The maximum absolute atomic E-state index is 12.2. The Labute approximate surface area is 139 Å². The van der Waals surface area contributed by atoms with Crippen molar-refractivity contribution in [3.63, 3.8) is 0 Å². The molecule has 6 heteroatoms. The number of imidazole rings is 1. The van der Waals surface area contributed by atoms with Crippen LogP contribution in [0.1, 0.15) is 40.5 Å². The average Bonchev–Trinajstić information content (AvgIpc) is 3.12. The quantitative estimate of drug-likeness (QED) is 0.445. The van der Waals surface area contributed by atoms with Crippen molar-refractivity contribution in [2.45, 2.75) is 31.5 Å². The van der Waals surface area contributed by atoms with E-state index in [-0.39, 0.29) is 11.8 Å². The maximum Gasteiger partial charge on any atom is 0.261 e. The molecule has 2 amide bonds. The lowest BCUT2D eigenvalue weighted by molar-refractivity contribution is 0.0652. The van der Waals surface area contributed by atoms with Crippen LogP contribution in [0.3, 0.4) is 0 Å². The second kappa shape index (κ2) is 7.00. The Hall–Kier alpha value is -2.08. The van der Waals surface area contributed by atoms with Gasteiger partial charge in [-0.1, -0.05) is 23.9 Å². The first kappa shape index (κ1) is 15.8. The number of imide groups is 1. The minimum atomic E-state index is -0.167. The Morgan fingerprint density at radius 2 is 1.78 bits per heavy atom. The summed E-state index contributed by atoms with van der Waals surface area (Å²) in [5, 5.41) is 1.02. The van der Waals surface area contributed by atoms with Crippen LogP contribution < -0.4 is 0 Å². The van der Waals surface area contributed by atoms with Crippen molar-refractivity contribution in [3.05, 3.63) is 47.8 Å². The van der Waals surface area contributed by atoms with Crippen LogP contribution in [0.15, 0.2) is 41.8 Å². The first-order chi connectivity index (χ1) is 11.2. The summed E-state index contributed by atoms with van der Waals surface area (Å²) in [6.45, 7) is 3.49. The van der Waals surface area contributed by atoms with Crippen LogP contribution in [-0.4, -0.2) is 38.6 Å². The van der Waals surface area contributed by atoms with Gasteiger partial charge in [-0.2, -0.15) is 0 Å². The molecule has 1 aromatic heterocycles. The van der Waals surface area contributed by atoms with Crippen molar-refractivity contribution in [2.24, 2.45) is 0 Å². The van der Waals surface area contributed by atoms with Crippen LogP contribution in [0.25, 0.3) is 0 Å². The van der Waals surface area contributed by atoms with Crippen molar-refractivity contribution >= 4 is 23.6 Å². The fourth-order valence-electron chi connectivity index (χ4n) is 2.65. The largest absolute Gasteiger partial charge is 0.326 e. The van der Waals surface area contributed by atoms with Gasteiger partial charge < -0.3 is 4.57 Å². The monoisotopic (exact) mass is 329 g/mol. The lowest BCUT2D eigenvalue weighted by Gasteiger charge is -2.13. The fraction of sp³-hybridized carbons (Fsp3) is 0.353. The molecular weight excluding hydrogens is 310 g/mol. The molecule has 1 aromatic carbocycles. The number of nitrogens with zero attached hydrogens (tertiary/aromatic N) is 3. The SMILES string of the molecule is CCn1ccnc1SCCCCN1C(=O)c2ccccc2C1=O. The molecule has 0 fully saturated rings. The summed E-state index contributed by atoms with van der Waals surface area (Å²) in [6.07, 6.45) is 5.53. The minimum Gasteiger partial charge on any atom is -0.326 e. The van der Waals surface area contributed by atoms with Gasteiger partial charge in [-0.15, -0.1) is 0 Å². The molecule has 1 aliphatic rings. The van der Waals surface area contributed by atoms with Crippen molar-refractivity contribution < 1.29 is 9.59 Å². The Kier molecular flexibility index (Phi) is 4.81. The number of aromatic nitrogens is 2. The summed E-state index contributed by atoms with van der Waals surface area (Å²) in [5.74, 6) is 0.597. The third-order valence-electron chi connectivity index (χ3n) is 3.90. The number of fused-ring (bicyclic) bond motifs is 1. The molecule has 2 aromatic rings. The zero-order valence-electron chi connectivity index (χ0n) is 13.1. The predicted octanol–water partition coefficient (Wildman–Crippen LogP) is 3.07. The number of thioether (sulfide) groups is 1. The van der Waals surface area contributed by atoms with E-state index < -0.39 is 0 Å². The van der Waals surface area contributed by atoms with Gasteiger partial charge in [0, 0.05) is 31.2 Å². The molecule has 120 valence electrons. The van der Waals surface area contributed by atoms with Gasteiger partial charge in [0.05, 0.1) is 11.1 Å². The summed E-state index contributed by atoms with van der Waals surface area (Å²) < 4.78 is 2.11. The molecule has 0 saturated carbocycles. The highest BCUT2D eigenvalue weighted by Crippen LogP contribution is 2.23. The average molecular weight is 329 g/mol. The Balaban J connectivity index is 1.47. The topological polar surface area (TPSA) is 55.2 Å². The summed E-state index contributed by atoms with van der Waals surface area (Å²) in [5.41, 5.74) is 1.05. The number of rotatable bonds is 7. The highest BCUT2D eigenvalue weighted by Gasteiger charge is 2.34. The van der Waals surface area contributed by atoms with E-state index in [1.165, 1.54) is 4.90 Å². The Bertz CT molecular complexity index is 691. The van der Waals surface area contributed by atoms with Gasteiger partial charge >= 0.3 is 0 Å². The number of benzene rings is 1. The molecule has 0 saturated heterocycles. The molecule has 0 unspecified atom stereocenters. The number of carbonyl (C=O) groups is 2. The van der Waals surface area contributed by atoms with Gasteiger partial charge in [-0.3, -0.25) is 14.5 Å². The number of hydrogen-bond acceptors (Lipinski definition) is 4. The van der Waals surface area contributed by atoms with E-state index in [0.717, 1.165) is 30.3 Å². The highest BCUT2D eigenvalue weighted by molar-refractivity contribution is 7.99. The van der Waals surface area contributed by atoms with Crippen LogP contribution in [0.4, 0.5) is 0 Å². The van der Waals surface area contributed by atoms with E-state index >= 15 is 0 Å². The molecule has 0 spiro atoms. The molecule has 1 aliphatic heterocycles. The van der Waals surface area contributed by atoms with Crippen LogP contribution >= 0.6 is 11.8 Å². The number of unbranched alkanes of at least 4 members (excludes halogenated alkanes) is 1. The molecule has 0 atom stereocenters. The Morgan fingerprint density at radius 1 is 1.09 bits per heavy atom. The first-order valence-electron chi connectivity index (χ1n) is 7.81. The Morgan fingerprint density at radius 3 is 2.43 bits per heavy atom. The van der Waals surface area contributed by atoms with E-state index in [9.17, 15) is 9.59 Å². The maximum atomic E-state index is 12.2. The van der Waals surface area contributed by atoms with Crippen molar-refractivity contribution in [3.8, 4) is 0 Å². The minimum absolute atomic E-state index is 0.167. The number of carbonyl (C=O) groups excluding carboxylic acids is 2. The van der Waals surface area contributed by atoms with E-state index in [4.69, 9.17) is 0 Å². The van der Waals surface area contributed by atoms with Gasteiger partial charge in [0.15, 0.2) is 5.16 Å². The summed E-state index contributed by atoms with van der Waals surface area (Å²) in [7, 11) is 0. The number of hydrogen-bond donors (Lipinski definition) is 0. The van der Waals surface area contributed by atoms with Crippen molar-refractivity contribution in [2.75, 3.05) is 12.3 Å². The zero-order valence-corrected chi connectivity index (χ0v) is 13.9. The summed E-state index contributed by atoms with van der Waals surface area (Å²) in [6, 6.07) is 7.02. The van der Waals surface area contributed by atoms with E-state index in [0.29, 0.717) is 17.7 Å². The van der Waals surface area contributed by atoms with E-state index in [1.54, 1.807) is 36.0 Å². The summed E-state index contributed by atoms with van der Waals surface area (Å²) in [4.78, 5) is 30.1. The number of aryl methyl sites for hydroxylation is 1. The molecule has 5 nitrogen and oxygen atoms in total. The van der Waals surface area contributed by atoms with E-state index in [1.807, 2.05) is 12.4 Å². The second-order valence-corrected chi connectivity index (χ2v) is 6.42. The molecule has 23 heavy (non-hydrogen) atoms. The lowest BCUT2D eigenvalue weighted by atomic mass is 10.1. The molecule has 0 bridgehead atoms. The highest BCUT2D eigenvalue weighted by atomic mass is 32.2. The van der Waals surface area contributed by atoms with Crippen LogP contribution in [0.5, 0.6) is 0 Å². The molecule has 0 N–H and O–H groups in total. The van der Waals surface area contributed by atoms with Gasteiger partial charge in [0.2, 0.25) is 0 Å². The van der Waals surface area contributed by atoms with E-state index in [2.05, 4.69) is 16.5 Å². The molecule has 3 rings (SSSR count). The summed E-state index contributed by atoms with van der Waals surface area (Å²) >= 11 is 1.71. The zero-order chi connectivity index (χ0) is 16.2. The predicted molar refractivity (Wildman–Crippen MR) is 89.7 cm³/mol. The van der Waals surface area contributed by atoms with Gasteiger partial charge in [0.1, 0.15) is 0 Å². The molecule has 0 aliphatic carbocycles. The van der Waals surface area contributed by atoms with Crippen LogP contribution in [-0.2, 0) is 6.54 Å². The van der Waals surface area contributed by atoms with Crippen LogP contribution in [0.2, 0.25) is 0 Å². The third kappa shape index (κ3) is 3.17. The van der Waals surface area contributed by atoms with Gasteiger partial charge in [-0.05, 0) is 31.9 Å².